The third-order valence-electron chi connectivity index (χ3n) is 3.71. The Morgan fingerprint density at radius 2 is 2.15 bits per heavy atom. The number of nitrogen functional groups attached to an aromatic ring is 1. The molecule has 0 bridgehead atoms. The van der Waals surface area contributed by atoms with Crippen LogP contribution in [0.2, 0.25) is 0 Å². The molecule has 2 atom stereocenters. The van der Waals surface area contributed by atoms with Gasteiger partial charge in [-0.05, 0) is 19.4 Å². The molecular weight excluding hydrogens is 366 g/mol. The number of anilines is 3. The number of aliphatic hydroxyl groups is 1. The van der Waals surface area contributed by atoms with Gasteiger partial charge in [0, 0.05) is 6.07 Å². The predicted molar refractivity (Wildman–Crippen MR) is 100 cm³/mol. The van der Waals surface area contributed by atoms with Crippen molar-refractivity contribution < 1.29 is 19.6 Å². The number of hydrogen-bond acceptors (Lipinski definition) is 8. The molecule has 1 amide bonds. The standard InChI is InChI=1S/C17H21N5O5/c1-3-27-17(24)21-13-9-12(14(22(25)26)16(18)20-13)19-10(2)15(23)11-7-5-4-6-8-11/h4-10,15,23H,3H2,1-2H3,(H4,18,19,20,21,24)/t10-,15?/m0/s1/i4+2,5+2,6+2,7+2,8+2,11+2. The van der Waals surface area contributed by atoms with Gasteiger partial charge in [0.2, 0.25) is 5.82 Å². The number of pyridine rings is 1. The molecule has 1 unspecified atom stereocenters. The lowest BCUT2D eigenvalue weighted by Gasteiger charge is -2.22. The number of nitro groups is 1. The Kier molecular flexibility index (Phi) is 6.50. The number of aromatic nitrogens is 1. The first kappa shape index (κ1) is 19.9. The summed E-state index contributed by atoms with van der Waals surface area (Å²) in [4.78, 5) is 26.1. The van der Waals surface area contributed by atoms with E-state index in [4.69, 9.17) is 10.5 Å². The first-order chi connectivity index (χ1) is 12.8. The number of benzene rings is 1. The summed E-state index contributed by atoms with van der Waals surface area (Å²) in [6, 6.07) is 9.52. The topological polar surface area (TPSA) is 153 Å². The summed E-state index contributed by atoms with van der Waals surface area (Å²) < 4.78 is 4.76. The van der Waals surface area contributed by atoms with E-state index in [1.165, 1.54) is 6.07 Å². The van der Waals surface area contributed by atoms with Crippen molar-refractivity contribution in [1.29, 1.82) is 0 Å². The fraction of sp³-hybridized carbons (Fsp3) is 0.294. The minimum absolute atomic E-state index is 0.0135. The predicted octanol–water partition coefficient (Wildman–Crippen LogP) is 2.67. The van der Waals surface area contributed by atoms with Gasteiger partial charge in [-0.1, -0.05) is 30.3 Å². The second kappa shape index (κ2) is 8.81. The quantitative estimate of drug-likeness (QED) is 0.418. The molecule has 0 aliphatic rings. The number of rotatable bonds is 7. The third-order valence-corrected chi connectivity index (χ3v) is 3.71. The van der Waals surface area contributed by atoms with E-state index in [1.807, 2.05) is 6.07 Å². The van der Waals surface area contributed by atoms with Crippen molar-refractivity contribution in [1.82, 2.24) is 4.98 Å². The monoisotopic (exact) mass is 387 g/mol. The lowest BCUT2D eigenvalue weighted by atomic mass is 10.2. The number of amides is 1. The zero-order valence-corrected chi connectivity index (χ0v) is 14.9. The molecule has 0 aliphatic heterocycles. The van der Waals surface area contributed by atoms with Gasteiger partial charge >= 0.3 is 11.8 Å². The van der Waals surface area contributed by atoms with Crippen LogP contribution in [0.4, 0.5) is 27.8 Å². The Labute approximate surface area is 155 Å². The first-order valence-corrected chi connectivity index (χ1v) is 8.21. The van der Waals surface area contributed by atoms with Gasteiger partial charge in [-0.15, -0.1) is 0 Å². The van der Waals surface area contributed by atoms with Crippen LogP contribution in [-0.4, -0.2) is 33.8 Å². The van der Waals surface area contributed by atoms with Crippen molar-refractivity contribution in [2.24, 2.45) is 0 Å². The van der Waals surface area contributed by atoms with Crippen LogP contribution < -0.4 is 16.4 Å². The Morgan fingerprint density at radius 1 is 1.48 bits per heavy atom. The maximum absolute atomic E-state index is 11.6. The van der Waals surface area contributed by atoms with Crippen LogP contribution in [0.1, 0.15) is 25.5 Å². The average Bonchev–Trinajstić information content (AvgIpc) is 2.61. The molecule has 2 rings (SSSR count). The van der Waals surface area contributed by atoms with Crippen LogP contribution in [0.5, 0.6) is 0 Å². The van der Waals surface area contributed by atoms with Gasteiger partial charge in [0.25, 0.3) is 0 Å². The lowest BCUT2D eigenvalue weighted by molar-refractivity contribution is -0.383. The van der Waals surface area contributed by atoms with Gasteiger partial charge in [-0.25, -0.2) is 9.78 Å². The van der Waals surface area contributed by atoms with Crippen LogP contribution in [0.25, 0.3) is 0 Å². The van der Waals surface area contributed by atoms with Crippen molar-refractivity contribution in [3.63, 3.8) is 0 Å². The fourth-order valence-electron chi connectivity index (χ4n) is 2.46. The second-order valence-corrected chi connectivity index (χ2v) is 5.68. The van der Waals surface area contributed by atoms with Gasteiger partial charge < -0.3 is 20.9 Å². The van der Waals surface area contributed by atoms with Crippen molar-refractivity contribution >= 4 is 29.1 Å². The summed E-state index contributed by atoms with van der Waals surface area (Å²) in [5.74, 6) is -0.390. The summed E-state index contributed by atoms with van der Waals surface area (Å²) in [6.45, 7) is 3.45. The normalized spacial score (nSPS) is 12.7. The number of ether oxygens (including phenoxy) is 1. The van der Waals surface area contributed by atoms with Crippen molar-refractivity contribution in [3.05, 3.63) is 52.1 Å². The van der Waals surface area contributed by atoms with E-state index in [0.29, 0.717) is 5.56 Å². The lowest BCUT2D eigenvalue weighted by Crippen LogP contribution is -2.25. The minimum Gasteiger partial charge on any atom is -0.450 e. The van der Waals surface area contributed by atoms with Gasteiger partial charge in [-0.3, -0.25) is 15.4 Å². The van der Waals surface area contributed by atoms with Crippen molar-refractivity contribution in [2.45, 2.75) is 26.0 Å². The molecule has 1 heterocycles. The van der Waals surface area contributed by atoms with E-state index >= 15 is 0 Å². The number of hydrogen-bond donors (Lipinski definition) is 4. The molecule has 1 aromatic carbocycles. The molecule has 0 saturated heterocycles. The van der Waals surface area contributed by atoms with E-state index in [-0.39, 0.29) is 23.9 Å². The highest BCUT2D eigenvalue weighted by Crippen LogP contribution is 2.33. The highest BCUT2D eigenvalue weighted by atomic mass is 16.6. The molecule has 0 aliphatic carbocycles. The molecule has 5 N–H and O–H groups in total. The maximum Gasteiger partial charge on any atom is 0.412 e. The van der Waals surface area contributed by atoms with Gasteiger partial charge in [0.15, 0.2) is 0 Å². The van der Waals surface area contributed by atoms with E-state index < -0.39 is 28.8 Å². The van der Waals surface area contributed by atoms with Crippen molar-refractivity contribution in [3.8, 4) is 0 Å². The molecule has 0 radical (unpaired) electrons. The smallest absolute Gasteiger partial charge is 0.412 e. The number of aliphatic hydroxyl groups excluding tert-OH is 1. The van der Waals surface area contributed by atoms with Crippen LogP contribution in [0, 0.1) is 10.1 Å². The molecule has 27 heavy (non-hydrogen) atoms. The fourth-order valence-corrected chi connectivity index (χ4v) is 2.46. The van der Waals surface area contributed by atoms with Gasteiger partial charge in [0.1, 0.15) is 11.5 Å². The maximum atomic E-state index is 11.6. The molecule has 0 saturated carbocycles. The van der Waals surface area contributed by atoms with Crippen LogP contribution >= 0.6 is 0 Å². The van der Waals surface area contributed by atoms with Crippen LogP contribution in [0.15, 0.2) is 36.4 Å². The Bertz CT molecular complexity index is 815. The van der Waals surface area contributed by atoms with Gasteiger partial charge in [-0.2, -0.15) is 0 Å². The molecule has 0 spiro atoms. The second-order valence-electron chi connectivity index (χ2n) is 5.68. The van der Waals surface area contributed by atoms with E-state index in [2.05, 4.69) is 15.6 Å². The largest absolute Gasteiger partial charge is 0.450 e. The van der Waals surface area contributed by atoms with Gasteiger partial charge in [0.05, 0.1) is 23.7 Å². The molecule has 0 fully saturated rings. The molecule has 10 nitrogen and oxygen atoms in total. The van der Waals surface area contributed by atoms with Crippen LogP contribution in [0.3, 0.4) is 0 Å². The Hall–Kier alpha value is -3.40. The molecule has 1 aromatic heterocycles. The summed E-state index contributed by atoms with van der Waals surface area (Å²) in [5.41, 5.74) is 5.90. The molecule has 10 heteroatoms. The molecule has 2 aromatic rings. The van der Waals surface area contributed by atoms with E-state index in [9.17, 15) is 20.0 Å². The SMILES string of the molecule is CCOC(=O)Nc1cc(N[C@@H](C)C(O)[14c]2[14cH][14cH][14cH][14cH][14cH]2)c([N+](=O)[O-])c(N)n1. The summed E-state index contributed by atoms with van der Waals surface area (Å²) in [7, 11) is 0. The average molecular weight is 387 g/mol. The zero-order valence-electron chi connectivity index (χ0n) is 14.9. The molecule has 144 valence electrons. The first-order valence-electron chi connectivity index (χ1n) is 8.21. The minimum atomic E-state index is -0.929. The Balaban J connectivity index is 2.30. The highest BCUT2D eigenvalue weighted by Gasteiger charge is 2.25. The number of nitrogens with zero attached hydrogens (tertiary/aromatic N) is 2. The zero-order chi connectivity index (χ0) is 20.0. The Morgan fingerprint density at radius 3 is 2.74 bits per heavy atom. The highest BCUT2D eigenvalue weighted by molar-refractivity contribution is 5.86. The summed E-state index contributed by atoms with van der Waals surface area (Å²) >= 11 is 0. The third kappa shape index (κ3) is 5.05. The summed E-state index contributed by atoms with van der Waals surface area (Å²) in [6.07, 6.45) is -1.69. The van der Waals surface area contributed by atoms with E-state index in [0.717, 1.165) is 0 Å². The van der Waals surface area contributed by atoms with Crippen molar-refractivity contribution in [2.75, 3.05) is 23.0 Å². The summed E-state index contributed by atoms with van der Waals surface area (Å²) in [5, 5.41) is 27.1. The molecular formula is C17H21N5O5. The number of nitrogens with one attached hydrogen (secondary N) is 2. The number of carbonyl (C=O) groups is 1. The van der Waals surface area contributed by atoms with E-state index in [1.54, 1.807) is 38.1 Å². The number of carbonyl (C=O) groups excluding carboxylic acids is 1. The van der Waals surface area contributed by atoms with Crippen LogP contribution in [-0.2, 0) is 4.74 Å². The number of nitrogens with two attached hydrogens (primary N) is 1.